The fourth-order valence-corrected chi connectivity index (χ4v) is 2.51. The van der Waals surface area contributed by atoms with Gasteiger partial charge in [-0.1, -0.05) is 42.3 Å². The summed E-state index contributed by atoms with van der Waals surface area (Å²) in [4.78, 5) is 12.3. The molecule has 0 saturated heterocycles. The van der Waals surface area contributed by atoms with Gasteiger partial charge in [0.05, 0.1) is 6.54 Å². The summed E-state index contributed by atoms with van der Waals surface area (Å²) in [6.45, 7) is 8.89. The van der Waals surface area contributed by atoms with Crippen LogP contribution in [0.5, 0.6) is 11.5 Å². The van der Waals surface area contributed by atoms with E-state index in [1.807, 2.05) is 57.2 Å². The van der Waals surface area contributed by atoms with E-state index in [0.29, 0.717) is 25.3 Å². The van der Waals surface area contributed by atoms with E-state index in [1.54, 1.807) is 0 Å². The molecule has 0 aliphatic carbocycles. The first kappa shape index (κ1) is 18.8. The average molecular weight is 341 g/mol. The van der Waals surface area contributed by atoms with Crippen LogP contribution in [0, 0.1) is 20.8 Å². The lowest BCUT2D eigenvalue weighted by molar-refractivity contribution is -0.128. The third-order valence-corrected chi connectivity index (χ3v) is 3.95. The summed E-state index contributed by atoms with van der Waals surface area (Å²) in [5.41, 5.74) is 3.46. The zero-order valence-corrected chi connectivity index (χ0v) is 15.5. The Bertz CT molecular complexity index is 695. The normalized spacial score (nSPS) is 11.7. The molecule has 0 radical (unpaired) electrons. The molecule has 4 heteroatoms. The smallest absolute Gasteiger partial charge is 0.261 e. The van der Waals surface area contributed by atoms with Gasteiger partial charge in [-0.3, -0.25) is 4.79 Å². The van der Waals surface area contributed by atoms with Crippen molar-refractivity contribution in [1.82, 2.24) is 5.32 Å². The van der Waals surface area contributed by atoms with Gasteiger partial charge in [0.1, 0.15) is 18.1 Å². The van der Waals surface area contributed by atoms with E-state index >= 15 is 0 Å². The Morgan fingerprint density at radius 1 is 1.04 bits per heavy atom. The van der Waals surface area contributed by atoms with Crippen molar-refractivity contribution in [1.29, 1.82) is 0 Å². The molecule has 1 atom stereocenters. The number of amides is 1. The third-order valence-electron chi connectivity index (χ3n) is 3.95. The summed E-state index contributed by atoms with van der Waals surface area (Å²) in [5, 5.41) is 2.88. The number of hydrogen-bond donors (Lipinski definition) is 1. The van der Waals surface area contributed by atoms with Crippen LogP contribution in [0.25, 0.3) is 0 Å². The second kappa shape index (κ2) is 9.11. The Morgan fingerprint density at radius 2 is 1.72 bits per heavy atom. The number of nitrogens with one attached hydrogen (secondary N) is 1. The number of ether oxygens (including phenoxy) is 2. The van der Waals surface area contributed by atoms with Crippen LogP contribution < -0.4 is 14.8 Å². The molecule has 4 nitrogen and oxygen atoms in total. The molecule has 25 heavy (non-hydrogen) atoms. The van der Waals surface area contributed by atoms with E-state index in [2.05, 4.69) is 18.3 Å². The lowest BCUT2D eigenvalue weighted by Crippen LogP contribution is -2.39. The Kier molecular flexibility index (Phi) is 6.87. The second-order valence-electron chi connectivity index (χ2n) is 6.24. The van der Waals surface area contributed by atoms with Gasteiger partial charge in [0, 0.05) is 0 Å². The highest BCUT2D eigenvalue weighted by molar-refractivity contribution is 5.81. The third kappa shape index (κ3) is 5.82. The van der Waals surface area contributed by atoms with Gasteiger partial charge in [0.25, 0.3) is 5.91 Å². The fraction of sp³-hybridized carbons (Fsp3) is 0.381. The summed E-state index contributed by atoms with van der Waals surface area (Å²) in [6.07, 6.45) is 0.112. The topological polar surface area (TPSA) is 47.6 Å². The molecule has 0 aromatic heterocycles. The van der Waals surface area contributed by atoms with Crippen molar-refractivity contribution >= 4 is 5.91 Å². The Hall–Kier alpha value is -2.49. The molecule has 0 aliphatic heterocycles. The van der Waals surface area contributed by atoms with E-state index in [-0.39, 0.29) is 5.91 Å². The van der Waals surface area contributed by atoms with Crippen LogP contribution in [0.3, 0.4) is 0 Å². The Morgan fingerprint density at radius 3 is 2.36 bits per heavy atom. The number of carbonyl (C=O) groups is 1. The Balaban J connectivity index is 1.78. The van der Waals surface area contributed by atoms with Crippen molar-refractivity contribution in [2.24, 2.45) is 0 Å². The molecular weight excluding hydrogens is 314 g/mol. The molecule has 0 bridgehead atoms. The van der Waals surface area contributed by atoms with Gasteiger partial charge in [0.15, 0.2) is 6.10 Å². The summed E-state index contributed by atoms with van der Waals surface area (Å²) >= 11 is 0. The van der Waals surface area contributed by atoms with E-state index in [0.717, 1.165) is 16.9 Å². The maximum Gasteiger partial charge on any atom is 0.261 e. The molecular formula is C21H27NO3. The van der Waals surface area contributed by atoms with Crippen LogP contribution in [0.15, 0.2) is 42.5 Å². The standard InChI is InChI=1S/C21H27NO3/c1-5-19(25-18-9-6-15(2)7-10-18)21(23)22-12-13-24-20-11-8-16(3)14-17(20)4/h6-11,14,19H,5,12-13H2,1-4H3,(H,22,23)/t19-/m0/s1. The molecule has 0 aliphatic rings. The van der Waals surface area contributed by atoms with Crippen molar-refractivity contribution < 1.29 is 14.3 Å². The molecule has 1 N–H and O–H groups in total. The average Bonchev–Trinajstić information content (AvgIpc) is 2.59. The second-order valence-corrected chi connectivity index (χ2v) is 6.24. The van der Waals surface area contributed by atoms with E-state index < -0.39 is 6.10 Å². The van der Waals surface area contributed by atoms with Gasteiger partial charge in [0.2, 0.25) is 0 Å². The number of carbonyl (C=O) groups excluding carboxylic acids is 1. The minimum atomic E-state index is -0.496. The van der Waals surface area contributed by atoms with Gasteiger partial charge in [-0.2, -0.15) is 0 Å². The number of rotatable bonds is 8. The van der Waals surface area contributed by atoms with Crippen molar-refractivity contribution in [2.45, 2.75) is 40.2 Å². The maximum absolute atomic E-state index is 12.3. The molecule has 134 valence electrons. The number of hydrogen-bond acceptors (Lipinski definition) is 3. The first-order chi connectivity index (χ1) is 12.0. The lowest BCUT2D eigenvalue weighted by atomic mass is 10.1. The molecule has 0 heterocycles. The van der Waals surface area contributed by atoms with Gasteiger partial charge >= 0.3 is 0 Å². The van der Waals surface area contributed by atoms with E-state index in [1.165, 1.54) is 5.56 Å². The highest BCUT2D eigenvalue weighted by Gasteiger charge is 2.17. The van der Waals surface area contributed by atoms with Crippen molar-refractivity contribution in [3.8, 4) is 11.5 Å². The molecule has 0 unspecified atom stereocenters. The van der Waals surface area contributed by atoms with Gasteiger partial charge in [-0.05, 0) is 51.0 Å². The molecule has 1 amide bonds. The van der Waals surface area contributed by atoms with E-state index in [9.17, 15) is 4.79 Å². The van der Waals surface area contributed by atoms with Gasteiger partial charge in [-0.25, -0.2) is 0 Å². The zero-order valence-electron chi connectivity index (χ0n) is 15.5. The summed E-state index contributed by atoms with van der Waals surface area (Å²) in [6, 6.07) is 13.8. The predicted molar refractivity (Wildman–Crippen MR) is 100 cm³/mol. The number of benzene rings is 2. The van der Waals surface area contributed by atoms with Crippen molar-refractivity contribution in [3.63, 3.8) is 0 Å². The predicted octanol–water partition coefficient (Wildman–Crippen LogP) is 3.96. The summed E-state index contributed by atoms with van der Waals surface area (Å²) < 4.78 is 11.5. The van der Waals surface area contributed by atoms with Crippen molar-refractivity contribution in [3.05, 3.63) is 59.2 Å². The zero-order chi connectivity index (χ0) is 18.2. The minimum absolute atomic E-state index is 0.118. The quantitative estimate of drug-likeness (QED) is 0.739. The number of aryl methyl sites for hydroxylation is 3. The van der Waals surface area contributed by atoms with E-state index in [4.69, 9.17) is 9.47 Å². The SMILES string of the molecule is CC[C@H](Oc1ccc(C)cc1)C(=O)NCCOc1ccc(C)cc1C. The fourth-order valence-electron chi connectivity index (χ4n) is 2.51. The highest BCUT2D eigenvalue weighted by Crippen LogP contribution is 2.18. The maximum atomic E-state index is 12.3. The van der Waals surface area contributed by atoms with Gasteiger partial charge < -0.3 is 14.8 Å². The molecule has 0 fully saturated rings. The molecule has 2 rings (SSSR count). The molecule has 0 spiro atoms. The monoisotopic (exact) mass is 341 g/mol. The van der Waals surface area contributed by atoms with Crippen LogP contribution in [-0.4, -0.2) is 25.2 Å². The van der Waals surface area contributed by atoms with Crippen molar-refractivity contribution in [2.75, 3.05) is 13.2 Å². The Labute approximate surface area is 150 Å². The van der Waals surface area contributed by atoms with Crippen LogP contribution in [0.2, 0.25) is 0 Å². The van der Waals surface area contributed by atoms with Crippen LogP contribution in [-0.2, 0) is 4.79 Å². The first-order valence-electron chi connectivity index (χ1n) is 8.70. The highest BCUT2D eigenvalue weighted by atomic mass is 16.5. The van der Waals surface area contributed by atoms with Crippen LogP contribution in [0.1, 0.15) is 30.0 Å². The summed E-state index contributed by atoms with van der Waals surface area (Å²) in [5.74, 6) is 1.44. The molecule has 2 aromatic rings. The largest absolute Gasteiger partial charge is 0.491 e. The first-order valence-corrected chi connectivity index (χ1v) is 8.70. The van der Waals surface area contributed by atoms with Gasteiger partial charge in [-0.15, -0.1) is 0 Å². The van der Waals surface area contributed by atoms with Crippen LogP contribution in [0.4, 0.5) is 0 Å². The molecule has 2 aromatic carbocycles. The summed E-state index contributed by atoms with van der Waals surface area (Å²) in [7, 11) is 0. The lowest BCUT2D eigenvalue weighted by Gasteiger charge is -2.17. The van der Waals surface area contributed by atoms with Crippen LogP contribution >= 0.6 is 0 Å². The molecule has 0 saturated carbocycles. The minimum Gasteiger partial charge on any atom is -0.491 e.